The van der Waals surface area contributed by atoms with Gasteiger partial charge in [0.1, 0.15) is 0 Å². The molecule has 0 heterocycles. The van der Waals surface area contributed by atoms with E-state index in [2.05, 4.69) is 5.32 Å². The SMILES string of the molecule is Cc1cccc(N)c1NC(=O)CC1CC2CCC1C2. The molecule has 102 valence electrons. The van der Waals surface area contributed by atoms with Crippen LogP contribution in [0.2, 0.25) is 0 Å². The normalized spacial score (nSPS) is 28.6. The van der Waals surface area contributed by atoms with Crippen molar-refractivity contribution in [3.05, 3.63) is 23.8 Å². The van der Waals surface area contributed by atoms with Gasteiger partial charge in [0.2, 0.25) is 5.91 Å². The lowest BCUT2D eigenvalue weighted by Crippen LogP contribution is -2.21. The molecule has 3 N–H and O–H groups in total. The number of para-hydroxylation sites is 1. The zero-order valence-electron chi connectivity index (χ0n) is 11.5. The minimum absolute atomic E-state index is 0.124. The summed E-state index contributed by atoms with van der Waals surface area (Å²) in [5.74, 6) is 2.42. The number of carbonyl (C=O) groups is 1. The van der Waals surface area contributed by atoms with Crippen LogP contribution in [0.1, 0.15) is 37.7 Å². The van der Waals surface area contributed by atoms with E-state index in [0.717, 1.165) is 23.1 Å². The Morgan fingerprint density at radius 3 is 2.84 bits per heavy atom. The average Bonchev–Trinajstić information content (AvgIpc) is 2.96. The van der Waals surface area contributed by atoms with Crippen LogP contribution in [0.25, 0.3) is 0 Å². The first-order chi connectivity index (χ1) is 9.13. The molecular weight excluding hydrogens is 236 g/mol. The van der Waals surface area contributed by atoms with Gasteiger partial charge in [-0.05, 0) is 55.6 Å². The Balaban J connectivity index is 1.62. The first-order valence-electron chi connectivity index (χ1n) is 7.28. The molecule has 19 heavy (non-hydrogen) atoms. The highest BCUT2D eigenvalue weighted by Gasteiger charge is 2.40. The van der Waals surface area contributed by atoms with Crippen LogP contribution in [0.3, 0.4) is 0 Å². The van der Waals surface area contributed by atoms with Gasteiger partial charge in [-0.3, -0.25) is 4.79 Å². The largest absolute Gasteiger partial charge is 0.397 e. The van der Waals surface area contributed by atoms with Gasteiger partial charge in [0, 0.05) is 6.42 Å². The first kappa shape index (κ1) is 12.5. The van der Waals surface area contributed by atoms with Gasteiger partial charge in [0.25, 0.3) is 0 Å². The molecule has 0 saturated heterocycles. The average molecular weight is 258 g/mol. The molecule has 1 aromatic rings. The summed E-state index contributed by atoms with van der Waals surface area (Å²) in [4.78, 5) is 12.2. The predicted octanol–water partition coefficient (Wildman–Crippen LogP) is 3.34. The van der Waals surface area contributed by atoms with Crippen LogP contribution in [0.5, 0.6) is 0 Å². The molecule has 1 aromatic carbocycles. The number of hydrogen-bond donors (Lipinski definition) is 2. The molecule has 2 aliphatic rings. The molecule has 0 radical (unpaired) electrons. The van der Waals surface area contributed by atoms with Crippen LogP contribution in [0.15, 0.2) is 18.2 Å². The van der Waals surface area contributed by atoms with E-state index < -0.39 is 0 Å². The predicted molar refractivity (Wildman–Crippen MR) is 77.8 cm³/mol. The highest BCUT2D eigenvalue weighted by atomic mass is 16.1. The number of aryl methyl sites for hydroxylation is 1. The summed E-state index contributed by atoms with van der Waals surface area (Å²) in [5.41, 5.74) is 8.39. The van der Waals surface area contributed by atoms with E-state index in [-0.39, 0.29) is 5.91 Å². The maximum absolute atomic E-state index is 12.2. The second-order valence-electron chi connectivity index (χ2n) is 6.23. The number of nitrogens with one attached hydrogen (secondary N) is 1. The lowest BCUT2D eigenvalue weighted by molar-refractivity contribution is -0.117. The molecule has 3 nitrogen and oxygen atoms in total. The number of rotatable bonds is 3. The highest BCUT2D eigenvalue weighted by Crippen LogP contribution is 2.49. The summed E-state index contributed by atoms with van der Waals surface area (Å²) in [7, 11) is 0. The standard InChI is InChI=1S/C16H22N2O/c1-10-3-2-4-14(17)16(10)18-15(19)9-13-8-11-5-6-12(13)7-11/h2-4,11-13H,5-9,17H2,1H3,(H,18,19). The van der Waals surface area contributed by atoms with Crippen molar-refractivity contribution < 1.29 is 4.79 Å². The Hall–Kier alpha value is -1.51. The van der Waals surface area contributed by atoms with Gasteiger partial charge in [0.05, 0.1) is 11.4 Å². The lowest BCUT2D eigenvalue weighted by atomic mass is 9.86. The number of nitrogen functional groups attached to an aromatic ring is 1. The van der Waals surface area contributed by atoms with Crippen LogP contribution in [-0.4, -0.2) is 5.91 Å². The van der Waals surface area contributed by atoms with E-state index in [0.29, 0.717) is 18.0 Å². The summed E-state index contributed by atoms with van der Waals surface area (Å²) < 4.78 is 0. The molecule has 3 unspecified atom stereocenters. The third kappa shape index (κ3) is 2.46. The maximum atomic E-state index is 12.2. The van der Waals surface area contributed by atoms with Crippen molar-refractivity contribution in [1.29, 1.82) is 0 Å². The van der Waals surface area contributed by atoms with E-state index in [1.54, 1.807) is 0 Å². The minimum atomic E-state index is 0.124. The fourth-order valence-corrected chi connectivity index (χ4v) is 3.92. The molecule has 3 atom stereocenters. The zero-order valence-corrected chi connectivity index (χ0v) is 11.5. The number of carbonyl (C=O) groups excluding carboxylic acids is 1. The van der Waals surface area contributed by atoms with Crippen molar-refractivity contribution in [3.63, 3.8) is 0 Å². The number of benzene rings is 1. The highest BCUT2D eigenvalue weighted by molar-refractivity contribution is 5.95. The Morgan fingerprint density at radius 2 is 2.21 bits per heavy atom. The molecule has 0 spiro atoms. The molecule has 2 aliphatic carbocycles. The smallest absolute Gasteiger partial charge is 0.224 e. The fraction of sp³-hybridized carbons (Fsp3) is 0.562. The summed E-state index contributed by atoms with van der Waals surface area (Å²) in [5, 5.41) is 3.00. The summed E-state index contributed by atoms with van der Waals surface area (Å²) >= 11 is 0. The molecule has 0 aliphatic heterocycles. The van der Waals surface area contributed by atoms with Crippen LogP contribution >= 0.6 is 0 Å². The molecule has 3 heteroatoms. The van der Waals surface area contributed by atoms with Crippen LogP contribution in [-0.2, 0) is 4.79 Å². The van der Waals surface area contributed by atoms with Gasteiger partial charge >= 0.3 is 0 Å². The van der Waals surface area contributed by atoms with Gasteiger partial charge in [0.15, 0.2) is 0 Å². The van der Waals surface area contributed by atoms with E-state index >= 15 is 0 Å². The Morgan fingerprint density at radius 1 is 1.37 bits per heavy atom. The molecule has 0 aromatic heterocycles. The molecule has 2 bridgehead atoms. The second kappa shape index (κ2) is 4.87. The minimum Gasteiger partial charge on any atom is -0.397 e. The lowest BCUT2D eigenvalue weighted by Gasteiger charge is -2.21. The van der Waals surface area contributed by atoms with Crippen molar-refractivity contribution in [2.45, 2.75) is 39.0 Å². The fourth-order valence-electron chi connectivity index (χ4n) is 3.92. The quantitative estimate of drug-likeness (QED) is 0.817. The van der Waals surface area contributed by atoms with Gasteiger partial charge in [-0.2, -0.15) is 0 Å². The maximum Gasteiger partial charge on any atom is 0.224 e. The van der Waals surface area contributed by atoms with E-state index in [4.69, 9.17) is 5.73 Å². The van der Waals surface area contributed by atoms with Crippen LogP contribution in [0.4, 0.5) is 11.4 Å². The third-order valence-electron chi connectivity index (χ3n) is 4.90. The van der Waals surface area contributed by atoms with Crippen LogP contribution in [0, 0.1) is 24.7 Å². The summed E-state index contributed by atoms with van der Waals surface area (Å²) in [6, 6.07) is 5.72. The molecule has 2 fully saturated rings. The van der Waals surface area contributed by atoms with E-state index in [1.165, 1.54) is 25.7 Å². The Bertz CT molecular complexity index is 477. The molecule has 2 saturated carbocycles. The van der Waals surface area contributed by atoms with Gasteiger partial charge in [-0.15, -0.1) is 0 Å². The van der Waals surface area contributed by atoms with Crippen LogP contribution < -0.4 is 11.1 Å². The molecule has 1 amide bonds. The third-order valence-corrected chi connectivity index (χ3v) is 4.90. The van der Waals surface area contributed by atoms with Gasteiger partial charge < -0.3 is 11.1 Å². The number of fused-ring (bicyclic) bond motifs is 2. The number of amides is 1. The van der Waals surface area contributed by atoms with Gasteiger partial charge in [-0.25, -0.2) is 0 Å². The van der Waals surface area contributed by atoms with Crippen molar-refractivity contribution in [2.75, 3.05) is 11.1 Å². The Kier molecular flexibility index (Phi) is 3.21. The monoisotopic (exact) mass is 258 g/mol. The second-order valence-corrected chi connectivity index (χ2v) is 6.23. The number of hydrogen-bond acceptors (Lipinski definition) is 2. The van der Waals surface area contributed by atoms with E-state index in [1.807, 2.05) is 25.1 Å². The number of anilines is 2. The number of nitrogens with two attached hydrogens (primary N) is 1. The summed E-state index contributed by atoms with van der Waals surface area (Å²) in [6.07, 6.45) is 5.98. The summed E-state index contributed by atoms with van der Waals surface area (Å²) in [6.45, 7) is 1.98. The van der Waals surface area contributed by atoms with Crippen molar-refractivity contribution in [3.8, 4) is 0 Å². The van der Waals surface area contributed by atoms with Crippen molar-refractivity contribution >= 4 is 17.3 Å². The Labute approximate surface area is 114 Å². The molecule has 3 rings (SSSR count). The zero-order chi connectivity index (χ0) is 13.4. The first-order valence-corrected chi connectivity index (χ1v) is 7.28. The van der Waals surface area contributed by atoms with Crippen molar-refractivity contribution in [2.24, 2.45) is 17.8 Å². The van der Waals surface area contributed by atoms with Crippen molar-refractivity contribution in [1.82, 2.24) is 0 Å². The van der Waals surface area contributed by atoms with E-state index in [9.17, 15) is 4.79 Å². The topological polar surface area (TPSA) is 55.1 Å². The molecular formula is C16H22N2O. The van der Waals surface area contributed by atoms with Gasteiger partial charge in [-0.1, -0.05) is 18.6 Å².